The fourth-order valence-corrected chi connectivity index (χ4v) is 3.42. The first-order valence-electron chi connectivity index (χ1n) is 8.32. The zero-order valence-electron chi connectivity index (χ0n) is 14.4. The zero-order chi connectivity index (χ0) is 19.3. The van der Waals surface area contributed by atoms with E-state index in [9.17, 15) is 25.2 Å². The van der Waals surface area contributed by atoms with Crippen LogP contribution in [0.1, 0.15) is 5.56 Å². The van der Waals surface area contributed by atoms with Crippen molar-refractivity contribution >= 4 is 21.9 Å². The van der Waals surface area contributed by atoms with Crippen molar-refractivity contribution in [3.05, 3.63) is 40.1 Å². The largest absolute Gasteiger partial charge is 0.504 e. The van der Waals surface area contributed by atoms with Gasteiger partial charge in [0.05, 0.1) is 25.7 Å². The minimum absolute atomic E-state index is 0.0356. The first kappa shape index (κ1) is 17.6. The molecular formula is C19H18O8. The SMILES string of the molecule is COc1cc2c(c3oc4c(O)cccc4c(=O)c13)CC(C(O)(CO)CO)O2. The van der Waals surface area contributed by atoms with Crippen LogP contribution >= 0.6 is 0 Å². The summed E-state index contributed by atoms with van der Waals surface area (Å²) in [6.07, 6.45) is -0.849. The Kier molecular flexibility index (Phi) is 3.99. The maximum atomic E-state index is 13.0. The van der Waals surface area contributed by atoms with Crippen molar-refractivity contribution < 1.29 is 34.3 Å². The third kappa shape index (κ3) is 2.45. The summed E-state index contributed by atoms with van der Waals surface area (Å²) in [7, 11) is 1.40. The molecule has 1 atom stereocenters. The van der Waals surface area contributed by atoms with E-state index < -0.39 is 24.9 Å². The van der Waals surface area contributed by atoms with E-state index in [4.69, 9.17) is 13.9 Å². The van der Waals surface area contributed by atoms with E-state index in [0.29, 0.717) is 11.3 Å². The lowest BCUT2D eigenvalue weighted by Gasteiger charge is -2.29. The molecule has 4 rings (SSSR count). The molecule has 0 radical (unpaired) electrons. The highest BCUT2D eigenvalue weighted by atomic mass is 16.5. The van der Waals surface area contributed by atoms with Crippen LogP contribution in [0.5, 0.6) is 17.2 Å². The van der Waals surface area contributed by atoms with Crippen LogP contribution in [-0.4, -0.2) is 52.5 Å². The second-order valence-corrected chi connectivity index (χ2v) is 6.58. The molecule has 3 aromatic rings. The lowest BCUT2D eigenvalue weighted by molar-refractivity contribution is -0.115. The third-order valence-corrected chi connectivity index (χ3v) is 5.00. The van der Waals surface area contributed by atoms with Gasteiger partial charge in [-0.15, -0.1) is 0 Å². The maximum Gasteiger partial charge on any atom is 0.204 e. The molecule has 4 N–H and O–H groups in total. The van der Waals surface area contributed by atoms with Crippen molar-refractivity contribution in [2.75, 3.05) is 20.3 Å². The van der Waals surface area contributed by atoms with E-state index in [1.807, 2.05) is 0 Å². The molecule has 1 aromatic heterocycles. The summed E-state index contributed by atoms with van der Waals surface area (Å²) >= 11 is 0. The molecule has 0 fully saturated rings. The van der Waals surface area contributed by atoms with Crippen LogP contribution in [0.4, 0.5) is 0 Å². The van der Waals surface area contributed by atoms with Crippen LogP contribution in [0.15, 0.2) is 33.5 Å². The van der Waals surface area contributed by atoms with Gasteiger partial charge in [-0.3, -0.25) is 4.79 Å². The number of phenolic OH excluding ortho intramolecular Hbond substituents is 1. The van der Waals surface area contributed by atoms with Gasteiger partial charge in [0.25, 0.3) is 0 Å². The Morgan fingerprint density at radius 3 is 2.67 bits per heavy atom. The van der Waals surface area contributed by atoms with Crippen LogP contribution in [0.25, 0.3) is 21.9 Å². The number of methoxy groups -OCH3 is 1. The standard InChI is InChI=1S/C19H18O8/c1-25-13-6-12-10(5-14(26-12)19(24,7-20)8-21)18-15(13)16(23)9-3-2-4-11(22)17(9)27-18/h2-4,6,14,20-22,24H,5,7-8H2,1H3. The molecule has 8 heteroatoms. The molecular weight excluding hydrogens is 356 g/mol. The Labute approximate surface area is 152 Å². The van der Waals surface area contributed by atoms with E-state index in [2.05, 4.69) is 0 Å². The molecule has 0 aliphatic carbocycles. The van der Waals surface area contributed by atoms with E-state index in [1.165, 1.54) is 19.2 Å². The lowest BCUT2D eigenvalue weighted by Crippen LogP contribution is -2.51. The van der Waals surface area contributed by atoms with Crippen LogP contribution < -0.4 is 14.9 Å². The molecule has 1 aliphatic rings. The van der Waals surface area contributed by atoms with Crippen molar-refractivity contribution in [1.29, 1.82) is 0 Å². The van der Waals surface area contributed by atoms with Crippen LogP contribution in [0.2, 0.25) is 0 Å². The summed E-state index contributed by atoms with van der Waals surface area (Å²) in [5.74, 6) is 0.350. The summed E-state index contributed by atoms with van der Waals surface area (Å²) in [6.45, 7) is -1.41. The average molecular weight is 374 g/mol. The third-order valence-electron chi connectivity index (χ3n) is 5.00. The normalized spacial score (nSPS) is 16.5. The van der Waals surface area contributed by atoms with Gasteiger partial charge in [0.1, 0.15) is 34.2 Å². The molecule has 2 heterocycles. The van der Waals surface area contributed by atoms with Gasteiger partial charge < -0.3 is 34.3 Å². The van der Waals surface area contributed by atoms with Gasteiger partial charge in [-0.25, -0.2) is 0 Å². The average Bonchev–Trinajstić information content (AvgIpc) is 3.12. The Morgan fingerprint density at radius 2 is 2.00 bits per heavy atom. The summed E-state index contributed by atoms with van der Waals surface area (Å²) in [4.78, 5) is 13.0. The molecule has 0 bridgehead atoms. The molecule has 142 valence electrons. The second-order valence-electron chi connectivity index (χ2n) is 6.58. The number of fused-ring (bicyclic) bond motifs is 4. The number of aromatic hydroxyl groups is 1. The smallest absolute Gasteiger partial charge is 0.204 e. The van der Waals surface area contributed by atoms with Gasteiger partial charge in [-0.05, 0) is 12.1 Å². The highest BCUT2D eigenvalue weighted by Gasteiger charge is 2.43. The highest BCUT2D eigenvalue weighted by molar-refractivity contribution is 5.97. The van der Waals surface area contributed by atoms with Gasteiger partial charge in [0.15, 0.2) is 11.3 Å². The van der Waals surface area contributed by atoms with Crippen LogP contribution in [0, 0.1) is 0 Å². The predicted octanol–water partition coefficient (Wildman–Crippen LogP) is 0.680. The maximum absolute atomic E-state index is 13.0. The molecule has 27 heavy (non-hydrogen) atoms. The Hall–Kier alpha value is -2.81. The second kappa shape index (κ2) is 6.12. The molecule has 0 saturated heterocycles. The van der Waals surface area contributed by atoms with Gasteiger partial charge in [-0.2, -0.15) is 0 Å². The van der Waals surface area contributed by atoms with Crippen molar-refractivity contribution in [1.82, 2.24) is 0 Å². The molecule has 0 saturated carbocycles. The number of rotatable bonds is 4. The summed E-state index contributed by atoms with van der Waals surface area (Å²) in [5.41, 5.74) is -1.54. The Morgan fingerprint density at radius 1 is 1.26 bits per heavy atom. The molecule has 1 aliphatic heterocycles. The Bertz CT molecular complexity index is 1100. The molecule has 1 unspecified atom stereocenters. The quantitative estimate of drug-likeness (QED) is 0.491. The van der Waals surface area contributed by atoms with Crippen LogP contribution in [-0.2, 0) is 6.42 Å². The van der Waals surface area contributed by atoms with Gasteiger partial charge in [-0.1, -0.05) is 6.07 Å². The fourth-order valence-electron chi connectivity index (χ4n) is 3.42. The van der Waals surface area contributed by atoms with Gasteiger partial charge in [0.2, 0.25) is 5.43 Å². The van der Waals surface area contributed by atoms with E-state index in [0.717, 1.165) is 0 Å². The molecule has 2 aromatic carbocycles. The molecule has 0 spiro atoms. The fraction of sp³-hybridized carbons (Fsp3) is 0.316. The number of hydrogen-bond acceptors (Lipinski definition) is 8. The first-order chi connectivity index (χ1) is 12.9. The summed E-state index contributed by atoms with van der Waals surface area (Å²) in [6, 6.07) is 6.01. The number of hydrogen-bond donors (Lipinski definition) is 4. The van der Waals surface area contributed by atoms with Gasteiger partial charge in [0, 0.05) is 18.1 Å². The number of phenols is 1. The number of ether oxygens (including phenoxy) is 2. The van der Waals surface area contributed by atoms with E-state index in [-0.39, 0.29) is 45.3 Å². The minimum atomic E-state index is -1.86. The summed E-state index contributed by atoms with van der Waals surface area (Å²) < 4.78 is 16.9. The van der Waals surface area contributed by atoms with E-state index >= 15 is 0 Å². The minimum Gasteiger partial charge on any atom is -0.504 e. The van der Waals surface area contributed by atoms with Crippen LogP contribution in [0.3, 0.4) is 0 Å². The Balaban J connectivity index is 2.02. The topological polar surface area (TPSA) is 130 Å². The first-order valence-corrected chi connectivity index (χ1v) is 8.32. The lowest BCUT2D eigenvalue weighted by atomic mass is 9.94. The molecule has 0 amide bonds. The monoisotopic (exact) mass is 374 g/mol. The highest BCUT2D eigenvalue weighted by Crippen LogP contribution is 2.43. The van der Waals surface area contributed by atoms with Crippen molar-refractivity contribution in [3.8, 4) is 17.2 Å². The number of para-hydroxylation sites is 1. The zero-order valence-corrected chi connectivity index (χ0v) is 14.4. The van der Waals surface area contributed by atoms with Gasteiger partial charge >= 0.3 is 0 Å². The number of aliphatic hydroxyl groups excluding tert-OH is 2. The predicted molar refractivity (Wildman–Crippen MR) is 95.4 cm³/mol. The van der Waals surface area contributed by atoms with Crippen molar-refractivity contribution in [2.24, 2.45) is 0 Å². The van der Waals surface area contributed by atoms with Crippen molar-refractivity contribution in [2.45, 2.75) is 18.1 Å². The van der Waals surface area contributed by atoms with E-state index in [1.54, 1.807) is 12.1 Å². The van der Waals surface area contributed by atoms with Crippen molar-refractivity contribution in [3.63, 3.8) is 0 Å². The number of aliphatic hydroxyl groups is 3. The molecule has 8 nitrogen and oxygen atoms in total. The number of benzene rings is 2. The summed E-state index contributed by atoms with van der Waals surface area (Å²) in [5, 5.41) is 39.7.